The fraction of sp³-hybridized carbons (Fsp3) is 0.368. The molecule has 3 rings (SSSR count). The van der Waals surface area contributed by atoms with E-state index in [-0.39, 0.29) is 23.9 Å². The van der Waals surface area contributed by atoms with Crippen LogP contribution in [-0.2, 0) is 9.53 Å². The Morgan fingerprint density at radius 3 is 2.50 bits per heavy atom. The molecule has 2 aromatic rings. The first kappa shape index (κ1) is 18.6. The number of hydrogen-bond donors (Lipinski definition) is 0. The smallest absolute Gasteiger partial charge is 0.246 e. The van der Waals surface area contributed by atoms with E-state index < -0.39 is 0 Å². The van der Waals surface area contributed by atoms with Crippen molar-refractivity contribution < 1.29 is 13.9 Å². The van der Waals surface area contributed by atoms with E-state index in [1.807, 2.05) is 20.8 Å². The highest BCUT2D eigenvalue weighted by Crippen LogP contribution is 2.25. The van der Waals surface area contributed by atoms with Gasteiger partial charge < -0.3 is 9.64 Å². The summed E-state index contributed by atoms with van der Waals surface area (Å²) in [4.78, 5) is 14.2. The van der Waals surface area contributed by atoms with E-state index >= 15 is 0 Å². The summed E-state index contributed by atoms with van der Waals surface area (Å²) in [6.07, 6.45) is 3.22. The van der Waals surface area contributed by atoms with Gasteiger partial charge in [-0.2, -0.15) is 5.10 Å². The lowest BCUT2D eigenvalue weighted by Crippen LogP contribution is -2.47. The lowest BCUT2D eigenvalue weighted by molar-refractivity contribution is -0.137. The third-order valence-electron chi connectivity index (χ3n) is 4.24. The molecule has 138 valence electrons. The van der Waals surface area contributed by atoms with Gasteiger partial charge in [0.25, 0.3) is 0 Å². The van der Waals surface area contributed by atoms with Gasteiger partial charge in [-0.25, -0.2) is 9.07 Å². The summed E-state index contributed by atoms with van der Waals surface area (Å²) in [5.74, 6) is -0.412. The number of halogens is 2. The van der Waals surface area contributed by atoms with Crippen molar-refractivity contribution in [2.75, 3.05) is 13.1 Å². The maximum atomic E-state index is 13.1. The third kappa shape index (κ3) is 3.97. The van der Waals surface area contributed by atoms with Crippen molar-refractivity contribution in [3.05, 3.63) is 52.6 Å². The van der Waals surface area contributed by atoms with E-state index in [1.165, 1.54) is 22.9 Å². The monoisotopic (exact) mass is 377 g/mol. The Kier molecular flexibility index (Phi) is 5.44. The molecule has 1 aromatic carbocycles. The molecular weight excluding hydrogens is 357 g/mol. The molecule has 2 heterocycles. The Morgan fingerprint density at radius 1 is 1.27 bits per heavy atom. The summed E-state index contributed by atoms with van der Waals surface area (Å²) in [6.45, 7) is 6.85. The molecule has 1 aromatic heterocycles. The first-order valence-corrected chi connectivity index (χ1v) is 8.86. The van der Waals surface area contributed by atoms with Crippen LogP contribution < -0.4 is 0 Å². The quantitative estimate of drug-likeness (QED) is 0.767. The van der Waals surface area contributed by atoms with Crippen molar-refractivity contribution in [1.29, 1.82) is 0 Å². The summed E-state index contributed by atoms with van der Waals surface area (Å²) in [5.41, 5.74) is 2.01. The van der Waals surface area contributed by atoms with Gasteiger partial charge in [0.05, 0.1) is 23.6 Å². The molecule has 1 aliphatic rings. The molecule has 2 atom stereocenters. The van der Waals surface area contributed by atoms with Crippen LogP contribution >= 0.6 is 11.6 Å². The Balaban J connectivity index is 1.80. The molecule has 1 aliphatic heterocycles. The maximum Gasteiger partial charge on any atom is 0.246 e. The summed E-state index contributed by atoms with van der Waals surface area (Å²) in [5, 5.41) is 4.77. The van der Waals surface area contributed by atoms with Crippen LogP contribution in [0.5, 0.6) is 0 Å². The highest BCUT2D eigenvalue weighted by atomic mass is 35.5. The van der Waals surface area contributed by atoms with Crippen LogP contribution in [-0.4, -0.2) is 45.9 Å². The summed E-state index contributed by atoms with van der Waals surface area (Å²) in [6, 6.07) is 5.90. The highest BCUT2D eigenvalue weighted by Gasteiger charge is 2.24. The minimum Gasteiger partial charge on any atom is -0.372 e. The number of carbonyl (C=O) groups excluding carboxylic acids is 1. The molecule has 0 radical (unpaired) electrons. The van der Waals surface area contributed by atoms with Gasteiger partial charge in [0.2, 0.25) is 5.91 Å². The average Bonchev–Trinajstić information content (AvgIpc) is 2.87. The van der Waals surface area contributed by atoms with E-state index in [9.17, 15) is 9.18 Å². The Labute approximate surface area is 157 Å². The van der Waals surface area contributed by atoms with Gasteiger partial charge in [-0.1, -0.05) is 11.6 Å². The van der Waals surface area contributed by atoms with Crippen LogP contribution in [0.4, 0.5) is 4.39 Å². The molecule has 0 aliphatic carbocycles. The predicted molar refractivity (Wildman–Crippen MR) is 98.9 cm³/mol. The van der Waals surface area contributed by atoms with Crippen LogP contribution in [0, 0.1) is 12.7 Å². The number of aromatic nitrogens is 2. The molecule has 1 amide bonds. The number of rotatable bonds is 3. The molecule has 0 spiro atoms. The van der Waals surface area contributed by atoms with Crippen LogP contribution in [0.2, 0.25) is 5.15 Å². The van der Waals surface area contributed by atoms with Gasteiger partial charge in [0.1, 0.15) is 11.0 Å². The number of amides is 1. The van der Waals surface area contributed by atoms with E-state index in [0.717, 1.165) is 0 Å². The van der Waals surface area contributed by atoms with Crippen molar-refractivity contribution >= 4 is 23.6 Å². The first-order chi connectivity index (χ1) is 12.3. The van der Waals surface area contributed by atoms with E-state index in [1.54, 1.807) is 23.1 Å². The van der Waals surface area contributed by atoms with E-state index in [2.05, 4.69) is 5.10 Å². The Morgan fingerprint density at radius 2 is 1.88 bits per heavy atom. The second kappa shape index (κ2) is 7.60. The molecule has 2 unspecified atom stereocenters. The van der Waals surface area contributed by atoms with Crippen LogP contribution in [0.15, 0.2) is 30.3 Å². The topological polar surface area (TPSA) is 47.4 Å². The zero-order chi connectivity index (χ0) is 18.8. The maximum absolute atomic E-state index is 13.1. The van der Waals surface area contributed by atoms with E-state index in [0.29, 0.717) is 35.2 Å². The minimum atomic E-state index is -0.326. The Hall–Kier alpha value is -2.18. The fourth-order valence-electron chi connectivity index (χ4n) is 3.07. The van der Waals surface area contributed by atoms with Crippen molar-refractivity contribution in [1.82, 2.24) is 14.7 Å². The number of benzene rings is 1. The molecule has 1 fully saturated rings. The van der Waals surface area contributed by atoms with Gasteiger partial charge in [-0.3, -0.25) is 4.79 Å². The molecular formula is C19H21ClFN3O2. The molecule has 5 nitrogen and oxygen atoms in total. The Bertz CT molecular complexity index is 822. The lowest BCUT2D eigenvalue weighted by atomic mass is 10.2. The number of carbonyl (C=O) groups is 1. The zero-order valence-corrected chi connectivity index (χ0v) is 15.7. The second-order valence-corrected chi connectivity index (χ2v) is 6.87. The van der Waals surface area contributed by atoms with Crippen molar-refractivity contribution in [3.63, 3.8) is 0 Å². The minimum absolute atomic E-state index is 0.0163. The number of hydrogen-bond acceptors (Lipinski definition) is 3. The first-order valence-electron chi connectivity index (χ1n) is 8.48. The number of ether oxygens (including phenoxy) is 1. The van der Waals surface area contributed by atoms with Gasteiger partial charge >= 0.3 is 0 Å². The average molecular weight is 378 g/mol. The molecule has 0 N–H and O–H groups in total. The largest absolute Gasteiger partial charge is 0.372 e. The zero-order valence-electron chi connectivity index (χ0n) is 14.9. The standard InChI is InChI=1S/C19H21ClFN3O2/c1-12-10-23(11-13(2)26-12)18(25)9-8-17-14(3)22-24(19(17)20)16-6-4-15(21)5-7-16/h4-9,12-13H,10-11H2,1-3H3/b9-8+. The van der Waals surface area contributed by atoms with E-state index in [4.69, 9.17) is 16.3 Å². The van der Waals surface area contributed by atoms with Crippen molar-refractivity contribution in [2.45, 2.75) is 33.0 Å². The summed E-state index contributed by atoms with van der Waals surface area (Å²) >= 11 is 6.43. The molecule has 1 saturated heterocycles. The van der Waals surface area contributed by atoms with Crippen LogP contribution in [0.3, 0.4) is 0 Å². The SMILES string of the molecule is Cc1nn(-c2ccc(F)cc2)c(Cl)c1/C=C/C(=O)N1CC(C)OC(C)C1. The third-order valence-corrected chi connectivity index (χ3v) is 4.61. The normalized spacial score (nSPS) is 20.7. The van der Waals surface area contributed by atoms with Gasteiger partial charge in [0.15, 0.2) is 0 Å². The number of morpholine rings is 1. The van der Waals surface area contributed by atoms with Crippen LogP contribution in [0.1, 0.15) is 25.1 Å². The fourth-order valence-corrected chi connectivity index (χ4v) is 3.41. The van der Waals surface area contributed by atoms with Gasteiger partial charge in [-0.15, -0.1) is 0 Å². The number of nitrogens with zero attached hydrogens (tertiary/aromatic N) is 3. The summed E-state index contributed by atoms with van der Waals surface area (Å²) in [7, 11) is 0. The van der Waals surface area contributed by atoms with Crippen molar-refractivity contribution in [2.24, 2.45) is 0 Å². The summed E-state index contributed by atoms with van der Waals surface area (Å²) < 4.78 is 20.3. The predicted octanol–water partition coefficient (Wildman–Crippen LogP) is 3.62. The van der Waals surface area contributed by atoms with Gasteiger partial charge in [0, 0.05) is 24.7 Å². The van der Waals surface area contributed by atoms with Gasteiger partial charge in [-0.05, 0) is 51.1 Å². The lowest BCUT2D eigenvalue weighted by Gasteiger charge is -2.34. The van der Waals surface area contributed by atoms with Crippen molar-refractivity contribution in [3.8, 4) is 5.69 Å². The van der Waals surface area contributed by atoms with Crippen LogP contribution in [0.25, 0.3) is 11.8 Å². The molecule has 26 heavy (non-hydrogen) atoms. The number of aryl methyl sites for hydroxylation is 1. The second-order valence-electron chi connectivity index (χ2n) is 6.51. The highest BCUT2D eigenvalue weighted by molar-refractivity contribution is 6.31. The molecule has 0 saturated carbocycles. The molecule has 0 bridgehead atoms. The molecule has 7 heteroatoms.